The zero-order valence-electron chi connectivity index (χ0n) is 48.7. The molecule has 79 heavy (non-hydrogen) atoms. The molecule has 1 aliphatic carbocycles. The molecule has 4 amide bonds. The van der Waals surface area contributed by atoms with Gasteiger partial charge in [0.05, 0.1) is 41.9 Å². The van der Waals surface area contributed by atoms with Crippen LogP contribution in [0.3, 0.4) is 0 Å². The van der Waals surface area contributed by atoms with Crippen molar-refractivity contribution in [3.8, 4) is 22.4 Å². The normalized spacial score (nSPS) is 25.1. The summed E-state index contributed by atoms with van der Waals surface area (Å²) in [6.45, 7) is 23.2. The fourth-order valence-electron chi connectivity index (χ4n) is 13.2. The topological polar surface area (TPSA) is 171 Å². The molecule has 17 nitrogen and oxygen atoms in total. The Balaban J connectivity index is 1.15. The summed E-state index contributed by atoms with van der Waals surface area (Å²) in [5.74, 6) is -2.43. The number of carbonyl (C=O) groups is 5. The van der Waals surface area contributed by atoms with E-state index in [0.717, 1.165) is 93.6 Å². The van der Waals surface area contributed by atoms with Crippen molar-refractivity contribution >= 4 is 46.4 Å². The van der Waals surface area contributed by atoms with Crippen LogP contribution in [0.1, 0.15) is 129 Å². The number of benzene rings is 2. The highest BCUT2D eigenvalue weighted by Crippen LogP contribution is 2.44. The van der Waals surface area contributed by atoms with E-state index in [0.29, 0.717) is 58.2 Å². The van der Waals surface area contributed by atoms with Gasteiger partial charge in [-0.3, -0.25) is 34.1 Å². The van der Waals surface area contributed by atoms with Gasteiger partial charge >= 0.3 is 12.1 Å². The minimum atomic E-state index is -1.06. The first-order valence-corrected chi connectivity index (χ1v) is 29.2. The lowest BCUT2D eigenvalue weighted by molar-refractivity contribution is -0.155. The Kier molecular flexibility index (Phi) is 16.0. The fraction of sp³-hybridized carbons (Fsp3) is 0.613. The number of pyridine rings is 1. The van der Waals surface area contributed by atoms with Gasteiger partial charge < -0.3 is 38.8 Å². The number of cyclic esters (lactones) is 1. The first-order valence-electron chi connectivity index (χ1n) is 29.2. The number of aryl methyl sites for hydroxylation is 2. The van der Waals surface area contributed by atoms with E-state index in [1.807, 2.05) is 40.8 Å². The maximum atomic E-state index is 15.1. The van der Waals surface area contributed by atoms with Crippen LogP contribution in [-0.4, -0.2) is 155 Å². The molecule has 2 N–H and O–H groups in total. The molecule has 0 radical (unpaired) electrons. The van der Waals surface area contributed by atoms with Crippen LogP contribution in [0.5, 0.6) is 0 Å². The number of hydrogen-bond donors (Lipinski definition) is 2. The van der Waals surface area contributed by atoms with Crippen LogP contribution in [0.15, 0.2) is 48.7 Å². The lowest BCUT2D eigenvalue weighted by atomic mass is 9.84. The number of carbonyl (C=O) groups excluding carboxylic acids is 5. The van der Waals surface area contributed by atoms with Crippen molar-refractivity contribution in [1.82, 2.24) is 40.0 Å². The summed E-state index contributed by atoms with van der Waals surface area (Å²) in [6, 6.07) is 12.9. The molecule has 6 aliphatic rings. The van der Waals surface area contributed by atoms with E-state index in [9.17, 15) is 19.2 Å². The number of likely N-dealkylation sites (tertiary alicyclic amines) is 1. The highest BCUT2D eigenvalue weighted by molar-refractivity contribution is 5.96. The number of methoxy groups -OCH3 is 1. The Bertz CT molecular complexity index is 2970. The zero-order valence-corrected chi connectivity index (χ0v) is 48.7. The largest absolute Gasteiger partial charge is 0.464 e. The fourth-order valence-corrected chi connectivity index (χ4v) is 13.2. The number of hydrazine groups is 1. The molecule has 6 atom stereocenters. The second-order valence-electron chi connectivity index (χ2n) is 25.4. The summed E-state index contributed by atoms with van der Waals surface area (Å²) in [7, 11) is 3.38. The van der Waals surface area contributed by atoms with Gasteiger partial charge in [0.2, 0.25) is 11.8 Å². The minimum absolute atomic E-state index is 0.126. The van der Waals surface area contributed by atoms with Gasteiger partial charge in [-0.25, -0.2) is 10.2 Å². The minimum Gasteiger partial charge on any atom is -0.464 e. The predicted octanol–water partition coefficient (Wildman–Crippen LogP) is 8.09. The van der Waals surface area contributed by atoms with Crippen LogP contribution in [0.25, 0.3) is 33.3 Å². The number of aromatic nitrogens is 2. The molecule has 1 saturated carbocycles. The summed E-state index contributed by atoms with van der Waals surface area (Å²) in [4.78, 5) is 86.6. The average Bonchev–Trinajstić information content (AvgIpc) is 4.19. The van der Waals surface area contributed by atoms with Crippen molar-refractivity contribution < 1.29 is 38.2 Å². The lowest BCUT2D eigenvalue weighted by Crippen LogP contribution is -2.62. The number of nitrogens with one attached hydrogen (secondary N) is 2. The predicted molar refractivity (Wildman–Crippen MR) is 305 cm³/mol. The summed E-state index contributed by atoms with van der Waals surface area (Å²) in [5.41, 5.74) is 11.8. The number of piperazine rings is 1. The van der Waals surface area contributed by atoms with Crippen LogP contribution in [0, 0.1) is 17.3 Å². The molecule has 2 aromatic heterocycles. The van der Waals surface area contributed by atoms with Gasteiger partial charge in [0.15, 0.2) is 0 Å². The summed E-state index contributed by atoms with van der Waals surface area (Å²) >= 11 is 0. The third kappa shape index (κ3) is 11.8. The molecule has 0 spiro atoms. The van der Waals surface area contributed by atoms with Crippen LogP contribution in [-0.2, 0) is 59.2 Å². The third-order valence-electron chi connectivity index (χ3n) is 17.4. The average molecular weight is 1080 g/mol. The number of likely N-dealkylation sites (N-methyl/N-ethyl adjacent to an activating group) is 1. The Morgan fingerprint density at radius 1 is 0.873 bits per heavy atom. The number of rotatable bonds is 7. The van der Waals surface area contributed by atoms with Crippen molar-refractivity contribution in [2.45, 2.75) is 169 Å². The molecule has 5 aliphatic heterocycles. The Morgan fingerprint density at radius 2 is 1.62 bits per heavy atom. The molecule has 426 valence electrons. The highest BCUT2D eigenvalue weighted by Gasteiger charge is 2.46. The van der Waals surface area contributed by atoms with Gasteiger partial charge in [0, 0.05) is 100 Å². The van der Waals surface area contributed by atoms with E-state index in [2.05, 4.69) is 95.3 Å². The number of esters is 1. The van der Waals surface area contributed by atoms with Crippen molar-refractivity contribution in [3.63, 3.8) is 0 Å². The van der Waals surface area contributed by atoms with E-state index in [-0.39, 0.29) is 36.9 Å². The maximum Gasteiger partial charge on any atom is 0.410 e. The monoisotopic (exact) mass is 1080 g/mol. The van der Waals surface area contributed by atoms with Gasteiger partial charge in [-0.1, -0.05) is 52.0 Å². The quantitative estimate of drug-likeness (QED) is 0.171. The van der Waals surface area contributed by atoms with Gasteiger partial charge in [-0.2, -0.15) is 0 Å². The van der Waals surface area contributed by atoms with Crippen LogP contribution < -0.4 is 15.6 Å². The van der Waals surface area contributed by atoms with Gasteiger partial charge in [-0.05, 0) is 138 Å². The van der Waals surface area contributed by atoms with Crippen molar-refractivity contribution in [3.05, 3.63) is 71.0 Å². The number of ether oxygens (including phenoxy) is 3. The molecular weight excluding hydrogens is 999 g/mol. The van der Waals surface area contributed by atoms with Gasteiger partial charge in [0.25, 0.3) is 5.91 Å². The van der Waals surface area contributed by atoms with Crippen LogP contribution >= 0.6 is 0 Å². The molecule has 3 saturated heterocycles. The van der Waals surface area contributed by atoms with E-state index in [1.165, 1.54) is 22.8 Å². The molecule has 17 heteroatoms. The molecule has 4 fully saturated rings. The van der Waals surface area contributed by atoms with Crippen molar-refractivity contribution in [2.24, 2.45) is 17.3 Å². The first kappa shape index (κ1) is 56.2. The second kappa shape index (κ2) is 22.5. The third-order valence-corrected chi connectivity index (χ3v) is 17.4. The summed E-state index contributed by atoms with van der Waals surface area (Å²) < 4.78 is 20.7. The first-order chi connectivity index (χ1) is 37.6. The smallest absolute Gasteiger partial charge is 0.410 e. The Morgan fingerprint density at radius 3 is 2.32 bits per heavy atom. The molecule has 8 bridgehead atoms. The van der Waals surface area contributed by atoms with E-state index in [1.54, 1.807) is 19.1 Å². The molecule has 7 heterocycles. The SMILES string of the molecule is CCn1c(-c2cc(N3CCN(C4CC4)CC3)cnc2[C@H](C)OC)c2c3cc(ccc31)-c1cc3cc(c1)C[C@H](NC(=O)[C@H](C(C)C)N(C)C(=O)[C@H]1CCN(C(=O)OC(C)(C)C)[C@@H]1CC3)C(=O)N1CCC[C@H](N1)C(=O)OCC(C)(C)C2. The van der Waals surface area contributed by atoms with Crippen LogP contribution in [0.2, 0.25) is 0 Å². The van der Waals surface area contributed by atoms with E-state index in [4.69, 9.17) is 19.2 Å². The lowest BCUT2D eigenvalue weighted by Gasteiger charge is -2.38. The maximum absolute atomic E-state index is 15.1. The highest BCUT2D eigenvalue weighted by atomic mass is 16.6. The standard InChI is InChI=1S/C62H85N9O8/c1-12-69-52-20-16-41-32-46(52)48(55(69)47-33-44(35-63-53(47)38(4)77-11)68-26-24-67(25-27-68)43-17-18-43)34-62(8,9)36-78-59(75)49-14-13-22-71(65-49)58(74)50-31-40-28-39(29-42(41)30-40)15-19-51-45(21-23-70(51)60(76)79-61(5,6)7)57(73)66(10)54(37(2)3)56(72)64-50/h16,20,28-30,32-33,35,37-38,43,45,49-51,54,65H,12-15,17-19,21-27,31,34,36H2,1-11H3,(H,64,72)/t38-,45-,49-,50-,51+,54-/m0/s1. The Hall–Kier alpha value is -6.04. The second-order valence-corrected chi connectivity index (χ2v) is 25.4. The molecule has 10 rings (SSSR count). The van der Waals surface area contributed by atoms with E-state index < -0.39 is 59.1 Å². The number of anilines is 1. The summed E-state index contributed by atoms with van der Waals surface area (Å²) in [6.07, 6.45) is 6.93. The number of amides is 4. The number of fused-ring (bicyclic) bond motifs is 8. The molecule has 2 aromatic carbocycles. The van der Waals surface area contributed by atoms with Crippen molar-refractivity contribution in [1.29, 1.82) is 0 Å². The summed E-state index contributed by atoms with van der Waals surface area (Å²) in [5, 5.41) is 5.69. The van der Waals surface area contributed by atoms with Gasteiger partial charge in [0.1, 0.15) is 23.7 Å². The van der Waals surface area contributed by atoms with Crippen LogP contribution in [0.4, 0.5) is 10.5 Å². The van der Waals surface area contributed by atoms with Gasteiger partial charge in [-0.15, -0.1) is 0 Å². The molecule has 4 aromatic rings. The zero-order chi connectivity index (χ0) is 56.2. The Labute approximate surface area is 467 Å². The number of hydrogen-bond acceptors (Lipinski definition) is 12. The number of nitrogens with zero attached hydrogens (tertiary/aromatic N) is 7. The van der Waals surface area contributed by atoms with Crippen molar-refractivity contribution in [2.75, 3.05) is 64.9 Å². The molecular formula is C62H85N9O8. The molecule has 0 unspecified atom stereocenters. The van der Waals surface area contributed by atoms with E-state index >= 15 is 4.79 Å².